The Kier molecular flexibility index (Phi) is 6.26. The van der Waals surface area contributed by atoms with Gasteiger partial charge in [0.05, 0.1) is 29.5 Å². The molecule has 3 aromatic carbocycles. The molecule has 2 atom stereocenters. The number of halogens is 3. The first kappa shape index (κ1) is 24.3. The monoisotopic (exact) mass is 523 g/mol. The van der Waals surface area contributed by atoms with E-state index in [-0.39, 0.29) is 18.1 Å². The molecule has 0 aromatic heterocycles. The normalized spacial score (nSPS) is 20.3. The summed E-state index contributed by atoms with van der Waals surface area (Å²) < 4.78 is 80.8. The summed E-state index contributed by atoms with van der Waals surface area (Å²) in [5.41, 5.74) is 1.29. The highest BCUT2D eigenvalue weighted by Gasteiger charge is 2.40. The molecular formula is C23H20F3N3O6S. The van der Waals surface area contributed by atoms with Gasteiger partial charge in [0, 0.05) is 0 Å². The molecule has 0 radical (unpaired) electrons. The molecule has 0 saturated carbocycles. The van der Waals surface area contributed by atoms with Crippen molar-refractivity contribution in [2.24, 2.45) is 0 Å². The number of nitrogens with zero attached hydrogens (tertiary/aromatic N) is 2. The highest BCUT2D eigenvalue weighted by Crippen LogP contribution is 2.48. The van der Waals surface area contributed by atoms with Gasteiger partial charge in [-0.15, -0.1) is 18.2 Å². The van der Waals surface area contributed by atoms with Gasteiger partial charge in [-0.25, -0.2) is 8.42 Å². The van der Waals surface area contributed by atoms with Crippen LogP contribution in [0.2, 0.25) is 0 Å². The highest BCUT2D eigenvalue weighted by molar-refractivity contribution is 7.89. The Morgan fingerprint density at radius 2 is 1.50 bits per heavy atom. The number of sulfonamides is 1. The van der Waals surface area contributed by atoms with Crippen molar-refractivity contribution in [2.45, 2.75) is 23.6 Å². The molecule has 2 aliphatic rings. The minimum absolute atomic E-state index is 0.0425. The van der Waals surface area contributed by atoms with Crippen LogP contribution in [0.4, 0.5) is 24.5 Å². The lowest BCUT2D eigenvalue weighted by Crippen LogP contribution is -2.62. The van der Waals surface area contributed by atoms with Crippen molar-refractivity contribution in [2.75, 3.05) is 18.1 Å². The Morgan fingerprint density at radius 3 is 2.08 bits per heavy atom. The summed E-state index contributed by atoms with van der Waals surface area (Å²) in [6.07, 6.45) is -6.93. The second kappa shape index (κ2) is 9.26. The predicted octanol–water partition coefficient (Wildman–Crippen LogP) is 4.18. The van der Waals surface area contributed by atoms with Crippen molar-refractivity contribution >= 4 is 21.4 Å². The van der Waals surface area contributed by atoms with Crippen molar-refractivity contribution in [3.63, 3.8) is 0 Å². The second-order valence-electron chi connectivity index (χ2n) is 7.96. The van der Waals surface area contributed by atoms with Crippen LogP contribution < -0.4 is 19.1 Å². The van der Waals surface area contributed by atoms with Crippen molar-refractivity contribution in [3.05, 3.63) is 72.8 Å². The van der Waals surface area contributed by atoms with Crippen LogP contribution in [0.3, 0.4) is 0 Å². The Bertz CT molecular complexity index is 1310. The van der Waals surface area contributed by atoms with E-state index in [1.807, 2.05) is 0 Å². The maximum atomic E-state index is 12.9. The van der Waals surface area contributed by atoms with Crippen LogP contribution in [-0.4, -0.2) is 50.6 Å². The highest BCUT2D eigenvalue weighted by atomic mass is 32.2. The maximum Gasteiger partial charge on any atom is 0.573 e. The minimum atomic E-state index is -4.90. The first-order valence-corrected chi connectivity index (χ1v) is 12.2. The zero-order valence-electron chi connectivity index (χ0n) is 18.4. The molecule has 0 spiro atoms. The number of hydroxylamine groups is 2. The van der Waals surface area contributed by atoms with Crippen LogP contribution in [0.25, 0.3) is 0 Å². The SMILES string of the molecule is O=S(=O)(N[C@@H]1COC[C@H](N2c3ccccc3Oc3ccccc32)N1O)c1ccc(OC(F)(F)F)cc1. The molecule has 1 fully saturated rings. The molecule has 9 nitrogen and oxygen atoms in total. The van der Waals surface area contributed by atoms with Crippen LogP contribution >= 0.6 is 0 Å². The smallest absolute Gasteiger partial charge is 0.453 e. The predicted molar refractivity (Wildman–Crippen MR) is 121 cm³/mol. The maximum absolute atomic E-state index is 12.9. The summed E-state index contributed by atoms with van der Waals surface area (Å²) >= 11 is 0. The zero-order valence-corrected chi connectivity index (χ0v) is 19.2. The van der Waals surface area contributed by atoms with E-state index in [0.29, 0.717) is 22.9 Å². The molecule has 36 heavy (non-hydrogen) atoms. The van der Waals surface area contributed by atoms with Crippen LogP contribution in [0, 0.1) is 0 Å². The summed E-state index contributed by atoms with van der Waals surface area (Å²) in [5, 5.41) is 12.0. The van der Waals surface area contributed by atoms with Gasteiger partial charge in [-0.2, -0.15) is 4.72 Å². The van der Waals surface area contributed by atoms with Crippen molar-refractivity contribution < 1.29 is 41.0 Å². The average molecular weight is 523 g/mol. The van der Waals surface area contributed by atoms with Gasteiger partial charge in [0.2, 0.25) is 10.0 Å². The standard InChI is InChI=1S/C23H20F3N3O6S/c24-23(25,26)35-15-9-11-16(12-10-15)36(31,32)27-21-13-33-14-22(29(21)30)28-17-5-1-3-7-19(17)34-20-8-4-2-6-18(20)28/h1-12,21-22,27,30H,13-14H2/t21-,22+/m0/s1. The Hall–Kier alpha value is -3.36. The fourth-order valence-corrected chi connectivity index (χ4v) is 5.21. The lowest BCUT2D eigenvalue weighted by Gasteiger charge is -2.45. The van der Waals surface area contributed by atoms with E-state index in [1.165, 1.54) is 0 Å². The number of para-hydroxylation sites is 4. The number of anilines is 2. The molecule has 190 valence electrons. The van der Waals surface area contributed by atoms with E-state index in [4.69, 9.17) is 9.47 Å². The van der Waals surface area contributed by atoms with Crippen LogP contribution in [0.1, 0.15) is 0 Å². The fraction of sp³-hybridized carbons (Fsp3) is 0.217. The number of fused-ring (bicyclic) bond motifs is 2. The number of benzene rings is 3. The van der Waals surface area contributed by atoms with E-state index in [1.54, 1.807) is 53.4 Å². The topological polar surface area (TPSA) is 101 Å². The van der Waals surface area contributed by atoms with Gasteiger partial charge in [0.25, 0.3) is 0 Å². The third-order valence-corrected chi connectivity index (χ3v) is 7.07. The summed E-state index contributed by atoms with van der Waals surface area (Å²) in [7, 11) is -4.24. The molecule has 2 heterocycles. The molecule has 0 amide bonds. The first-order valence-electron chi connectivity index (χ1n) is 10.7. The van der Waals surface area contributed by atoms with E-state index in [2.05, 4.69) is 9.46 Å². The lowest BCUT2D eigenvalue weighted by atomic mass is 10.1. The quantitative estimate of drug-likeness (QED) is 0.514. The van der Waals surface area contributed by atoms with Gasteiger partial charge in [-0.1, -0.05) is 24.3 Å². The third-order valence-electron chi connectivity index (χ3n) is 5.59. The van der Waals surface area contributed by atoms with Crippen LogP contribution in [0.5, 0.6) is 17.2 Å². The molecule has 2 aliphatic heterocycles. The third kappa shape index (κ3) is 4.83. The largest absolute Gasteiger partial charge is 0.573 e. The summed E-state index contributed by atoms with van der Waals surface area (Å²) in [4.78, 5) is 1.48. The van der Waals surface area contributed by atoms with Gasteiger partial charge in [0.1, 0.15) is 18.1 Å². The van der Waals surface area contributed by atoms with Gasteiger partial charge >= 0.3 is 6.36 Å². The molecule has 0 aliphatic carbocycles. The summed E-state index contributed by atoms with van der Waals surface area (Å²) in [6.45, 7) is -0.129. The van der Waals surface area contributed by atoms with Crippen molar-refractivity contribution in [1.29, 1.82) is 0 Å². The van der Waals surface area contributed by atoms with E-state index < -0.39 is 34.5 Å². The van der Waals surface area contributed by atoms with E-state index in [9.17, 15) is 26.8 Å². The molecule has 0 bridgehead atoms. The molecule has 13 heteroatoms. The Labute approximate surface area is 204 Å². The van der Waals surface area contributed by atoms with Crippen molar-refractivity contribution in [3.8, 4) is 17.2 Å². The average Bonchev–Trinajstić information content (AvgIpc) is 2.83. The molecule has 0 unspecified atom stereocenters. The first-order chi connectivity index (χ1) is 17.1. The number of ether oxygens (including phenoxy) is 3. The molecule has 2 N–H and O–H groups in total. The zero-order chi connectivity index (χ0) is 25.5. The number of morpholine rings is 1. The fourth-order valence-electron chi connectivity index (χ4n) is 4.05. The van der Waals surface area contributed by atoms with E-state index in [0.717, 1.165) is 29.3 Å². The number of nitrogens with one attached hydrogen (secondary N) is 1. The number of hydrogen-bond acceptors (Lipinski definition) is 8. The second-order valence-corrected chi connectivity index (χ2v) is 9.68. The van der Waals surface area contributed by atoms with Gasteiger partial charge < -0.3 is 24.3 Å². The molecule has 3 aromatic rings. The number of hydrogen-bond donors (Lipinski definition) is 2. The molecule has 5 rings (SSSR count). The number of alkyl halides is 3. The van der Waals surface area contributed by atoms with Crippen LogP contribution in [0.15, 0.2) is 77.7 Å². The Balaban J connectivity index is 1.39. The summed E-state index contributed by atoms with van der Waals surface area (Å²) in [5.74, 6) is 0.540. The Morgan fingerprint density at radius 1 is 0.917 bits per heavy atom. The van der Waals surface area contributed by atoms with Crippen molar-refractivity contribution in [1.82, 2.24) is 9.79 Å². The molecule has 1 saturated heterocycles. The van der Waals surface area contributed by atoms with E-state index >= 15 is 0 Å². The molecular weight excluding hydrogens is 503 g/mol. The minimum Gasteiger partial charge on any atom is -0.453 e. The number of rotatable bonds is 5. The lowest BCUT2D eigenvalue weighted by molar-refractivity contribution is -0.274. The van der Waals surface area contributed by atoms with Gasteiger partial charge in [0.15, 0.2) is 11.5 Å². The van der Waals surface area contributed by atoms with Gasteiger partial charge in [-0.3, -0.25) is 0 Å². The summed E-state index contributed by atoms with van der Waals surface area (Å²) in [6, 6.07) is 18.1. The van der Waals surface area contributed by atoms with Crippen LogP contribution in [-0.2, 0) is 14.8 Å². The van der Waals surface area contributed by atoms with Gasteiger partial charge in [-0.05, 0) is 48.5 Å².